The summed E-state index contributed by atoms with van der Waals surface area (Å²) >= 11 is 6.26. The molecule has 3 aromatic rings. The Balaban J connectivity index is 1.89. The van der Waals surface area contributed by atoms with Crippen molar-refractivity contribution in [1.29, 1.82) is 0 Å². The fourth-order valence-electron chi connectivity index (χ4n) is 3.91. The Morgan fingerprint density at radius 3 is 2.55 bits per heavy atom. The molecule has 4 rings (SSSR count). The van der Waals surface area contributed by atoms with Gasteiger partial charge in [-0.3, -0.25) is 9.59 Å². The van der Waals surface area contributed by atoms with Gasteiger partial charge in [0.25, 0.3) is 5.91 Å². The van der Waals surface area contributed by atoms with Crippen LogP contribution in [0, 0.1) is 6.92 Å². The lowest BCUT2D eigenvalue weighted by Gasteiger charge is -2.25. The van der Waals surface area contributed by atoms with E-state index in [4.69, 9.17) is 16.0 Å². The quantitative estimate of drug-likeness (QED) is 0.631. The number of benzene rings is 2. The number of rotatable bonds is 5. The Kier molecular flexibility index (Phi) is 5.19. The van der Waals surface area contributed by atoms with E-state index in [-0.39, 0.29) is 17.1 Å². The first-order valence-electron chi connectivity index (χ1n) is 9.66. The number of amides is 1. The van der Waals surface area contributed by atoms with Gasteiger partial charge in [-0.2, -0.15) is 0 Å². The lowest BCUT2D eigenvalue weighted by atomic mass is 9.98. The number of hydrogen-bond acceptors (Lipinski definition) is 4. The molecule has 0 aliphatic carbocycles. The summed E-state index contributed by atoms with van der Waals surface area (Å²) in [6, 6.07) is 12.5. The molecule has 0 fully saturated rings. The van der Waals surface area contributed by atoms with Crippen molar-refractivity contribution in [2.24, 2.45) is 0 Å². The molecule has 0 unspecified atom stereocenters. The Labute approximate surface area is 174 Å². The van der Waals surface area contributed by atoms with Crippen LogP contribution in [0.5, 0.6) is 0 Å². The first-order valence-corrected chi connectivity index (χ1v) is 10.0. The third kappa shape index (κ3) is 3.45. The average molecular weight is 411 g/mol. The minimum atomic E-state index is -0.457. The topological polar surface area (TPSA) is 53.8 Å². The molecule has 6 heteroatoms. The highest BCUT2D eigenvalue weighted by atomic mass is 35.5. The summed E-state index contributed by atoms with van der Waals surface area (Å²) in [6.07, 6.45) is 0.800. The second-order valence-electron chi connectivity index (χ2n) is 7.74. The molecule has 1 amide bonds. The van der Waals surface area contributed by atoms with E-state index in [1.165, 1.54) is 0 Å². The summed E-state index contributed by atoms with van der Waals surface area (Å²) < 4.78 is 5.98. The van der Waals surface area contributed by atoms with Crippen LogP contribution in [0.1, 0.15) is 39.7 Å². The molecule has 1 aliphatic rings. The molecule has 0 bridgehead atoms. The van der Waals surface area contributed by atoms with E-state index in [1.54, 1.807) is 17.0 Å². The Morgan fingerprint density at radius 1 is 1.14 bits per heavy atom. The zero-order valence-corrected chi connectivity index (χ0v) is 17.5. The Bertz CT molecular complexity index is 1140. The standard InChI is InChI=1S/C23H23ClN2O3/c1-14-12-18-16(13-17(14)24)21(27)19-20(15-8-5-4-6-9-15)26(11-7-10-25(2)3)23(28)22(19)29-18/h4-6,8-9,12-13,20H,7,10-11H2,1-3H3/t20-/m1/s1. The SMILES string of the molecule is Cc1cc2oc3c(c(=O)c2cc1Cl)[C@@H](c1ccccc1)N(CCCN(C)C)C3=O. The maximum absolute atomic E-state index is 13.4. The third-order valence-corrected chi connectivity index (χ3v) is 5.77. The van der Waals surface area contributed by atoms with E-state index < -0.39 is 6.04 Å². The van der Waals surface area contributed by atoms with Crippen molar-refractivity contribution >= 4 is 28.5 Å². The van der Waals surface area contributed by atoms with Crippen LogP contribution in [0.3, 0.4) is 0 Å². The van der Waals surface area contributed by atoms with Crippen LogP contribution in [0.25, 0.3) is 11.0 Å². The van der Waals surface area contributed by atoms with E-state index in [0.717, 1.165) is 24.1 Å². The molecule has 1 aromatic heterocycles. The highest BCUT2D eigenvalue weighted by molar-refractivity contribution is 6.32. The van der Waals surface area contributed by atoms with Crippen molar-refractivity contribution in [3.8, 4) is 0 Å². The normalized spacial score (nSPS) is 16.1. The zero-order chi connectivity index (χ0) is 20.7. The molecule has 1 aliphatic heterocycles. The number of carbonyl (C=O) groups excluding carboxylic acids is 1. The molecule has 0 radical (unpaired) electrons. The molecule has 1 atom stereocenters. The van der Waals surface area contributed by atoms with Crippen molar-refractivity contribution in [2.45, 2.75) is 19.4 Å². The van der Waals surface area contributed by atoms with Crippen LogP contribution in [0.15, 0.2) is 51.7 Å². The summed E-state index contributed by atoms with van der Waals surface area (Å²) in [5.41, 5.74) is 2.30. The fraction of sp³-hybridized carbons (Fsp3) is 0.304. The predicted octanol–water partition coefficient (Wildman–Crippen LogP) is 4.25. The first-order chi connectivity index (χ1) is 13.9. The molecule has 5 nitrogen and oxygen atoms in total. The van der Waals surface area contributed by atoms with Gasteiger partial charge in [-0.15, -0.1) is 0 Å². The van der Waals surface area contributed by atoms with Crippen LogP contribution >= 0.6 is 11.6 Å². The smallest absolute Gasteiger partial charge is 0.290 e. The second-order valence-corrected chi connectivity index (χ2v) is 8.15. The zero-order valence-electron chi connectivity index (χ0n) is 16.7. The van der Waals surface area contributed by atoms with Gasteiger partial charge in [0.1, 0.15) is 5.58 Å². The van der Waals surface area contributed by atoms with Gasteiger partial charge >= 0.3 is 0 Å². The molecular formula is C23H23ClN2O3. The highest BCUT2D eigenvalue weighted by Gasteiger charge is 2.42. The van der Waals surface area contributed by atoms with Crippen LogP contribution in [-0.4, -0.2) is 42.9 Å². The fourth-order valence-corrected chi connectivity index (χ4v) is 4.07. The van der Waals surface area contributed by atoms with E-state index >= 15 is 0 Å². The van der Waals surface area contributed by atoms with Gasteiger partial charge in [-0.25, -0.2) is 0 Å². The van der Waals surface area contributed by atoms with Crippen molar-refractivity contribution in [1.82, 2.24) is 9.80 Å². The average Bonchev–Trinajstić information content (AvgIpc) is 2.97. The van der Waals surface area contributed by atoms with Crippen molar-refractivity contribution < 1.29 is 9.21 Å². The number of carbonyl (C=O) groups is 1. The summed E-state index contributed by atoms with van der Waals surface area (Å²) in [4.78, 5) is 30.5. The summed E-state index contributed by atoms with van der Waals surface area (Å²) in [5.74, 6) is -0.0952. The molecule has 2 heterocycles. The predicted molar refractivity (Wildman–Crippen MR) is 115 cm³/mol. The van der Waals surface area contributed by atoms with E-state index in [1.807, 2.05) is 51.4 Å². The summed E-state index contributed by atoms with van der Waals surface area (Å²) in [5, 5.41) is 0.913. The minimum absolute atomic E-state index is 0.142. The molecule has 0 saturated carbocycles. The van der Waals surface area contributed by atoms with Gasteiger partial charge in [-0.05, 0) is 57.2 Å². The number of hydrogen-bond donors (Lipinski definition) is 0. The monoisotopic (exact) mass is 410 g/mol. The molecule has 29 heavy (non-hydrogen) atoms. The molecule has 2 aromatic carbocycles. The number of halogens is 1. The van der Waals surface area contributed by atoms with Gasteiger partial charge in [0.05, 0.1) is 17.0 Å². The van der Waals surface area contributed by atoms with Crippen molar-refractivity contribution in [3.63, 3.8) is 0 Å². The number of fused-ring (bicyclic) bond motifs is 2. The van der Waals surface area contributed by atoms with Crippen LogP contribution in [0.4, 0.5) is 0 Å². The van der Waals surface area contributed by atoms with Crippen molar-refractivity contribution in [2.75, 3.05) is 27.2 Å². The first kappa shape index (κ1) is 19.7. The molecule has 0 N–H and O–H groups in total. The van der Waals surface area contributed by atoms with E-state index in [0.29, 0.717) is 28.1 Å². The number of aryl methyl sites for hydroxylation is 1. The molecule has 0 saturated heterocycles. The largest absolute Gasteiger partial charge is 0.450 e. The van der Waals surface area contributed by atoms with Crippen LogP contribution < -0.4 is 5.43 Å². The summed E-state index contributed by atoms with van der Waals surface area (Å²) in [7, 11) is 4.00. The molecule has 150 valence electrons. The lowest BCUT2D eigenvalue weighted by Crippen LogP contribution is -2.32. The van der Waals surface area contributed by atoms with Crippen LogP contribution in [-0.2, 0) is 0 Å². The lowest BCUT2D eigenvalue weighted by molar-refractivity contribution is 0.0722. The number of nitrogens with zero attached hydrogens (tertiary/aromatic N) is 2. The molecule has 0 spiro atoms. The van der Waals surface area contributed by atoms with Gasteiger partial charge in [0.2, 0.25) is 5.76 Å². The van der Waals surface area contributed by atoms with Gasteiger partial charge < -0.3 is 14.2 Å². The van der Waals surface area contributed by atoms with Gasteiger partial charge in [-0.1, -0.05) is 41.9 Å². The van der Waals surface area contributed by atoms with Crippen LogP contribution in [0.2, 0.25) is 5.02 Å². The summed E-state index contributed by atoms with van der Waals surface area (Å²) in [6.45, 7) is 3.23. The van der Waals surface area contributed by atoms with Crippen molar-refractivity contribution in [3.05, 3.63) is 80.2 Å². The third-order valence-electron chi connectivity index (χ3n) is 5.37. The van der Waals surface area contributed by atoms with E-state index in [2.05, 4.69) is 4.90 Å². The highest BCUT2D eigenvalue weighted by Crippen LogP contribution is 2.38. The Hall–Kier alpha value is -2.63. The van der Waals surface area contributed by atoms with E-state index in [9.17, 15) is 9.59 Å². The second kappa shape index (κ2) is 7.65. The van der Waals surface area contributed by atoms with Gasteiger partial charge in [0, 0.05) is 11.6 Å². The van der Waals surface area contributed by atoms with Gasteiger partial charge in [0.15, 0.2) is 5.43 Å². The maximum Gasteiger partial charge on any atom is 0.290 e. The Morgan fingerprint density at radius 2 is 1.86 bits per heavy atom. The maximum atomic E-state index is 13.4. The molecular weight excluding hydrogens is 388 g/mol. The minimum Gasteiger partial charge on any atom is -0.450 e.